The maximum Gasteiger partial charge on any atom is 0.259 e. The lowest BCUT2D eigenvalue weighted by molar-refractivity contribution is -0.130. The van der Waals surface area contributed by atoms with Crippen molar-refractivity contribution in [2.45, 2.75) is 6.54 Å². The number of halogens is 1. The van der Waals surface area contributed by atoms with Gasteiger partial charge in [-0.2, -0.15) is 0 Å². The molecule has 0 atom stereocenters. The quantitative estimate of drug-likeness (QED) is 0.316. The van der Waals surface area contributed by atoms with Crippen LogP contribution in [0.4, 0.5) is 5.69 Å². The largest absolute Gasteiger partial charge is 0.497 e. The molecule has 9 heteroatoms. The van der Waals surface area contributed by atoms with Gasteiger partial charge in [0.05, 0.1) is 7.11 Å². The second-order valence-electron chi connectivity index (χ2n) is 7.80. The minimum atomic E-state index is -0.0669. The number of rotatable bonds is 7. The van der Waals surface area contributed by atoms with Gasteiger partial charge in [0.15, 0.2) is 12.6 Å². The number of nitrogens with one attached hydrogen (secondary N) is 1. The molecule has 1 N–H and O–H groups in total. The molecule has 1 fully saturated rings. The Morgan fingerprint density at radius 2 is 1.76 bits per heavy atom. The highest BCUT2D eigenvalue weighted by Gasteiger charge is 2.20. The minimum absolute atomic E-state index is 0. The van der Waals surface area contributed by atoms with Crippen molar-refractivity contribution in [2.75, 3.05) is 65.9 Å². The molecule has 1 heterocycles. The molecule has 1 aliphatic heterocycles. The highest BCUT2D eigenvalue weighted by molar-refractivity contribution is 14.0. The van der Waals surface area contributed by atoms with Crippen molar-refractivity contribution in [1.82, 2.24) is 15.1 Å². The third kappa shape index (κ3) is 7.69. The first-order valence-corrected chi connectivity index (χ1v) is 10.8. The number of aliphatic imine (C=N–C) groups is 1. The maximum atomic E-state index is 11.7. The Labute approximate surface area is 213 Å². The Morgan fingerprint density at radius 1 is 1.06 bits per heavy atom. The molecule has 2 aromatic rings. The predicted octanol–water partition coefficient (Wildman–Crippen LogP) is 2.68. The molecule has 1 amide bonds. The monoisotopic (exact) mass is 567 g/mol. The van der Waals surface area contributed by atoms with Crippen LogP contribution in [0.2, 0.25) is 0 Å². The predicted molar refractivity (Wildman–Crippen MR) is 143 cm³/mol. The van der Waals surface area contributed by atoms with Crippen LogP contribution in [0, 0.1) is 0 Å². The van der Waals surface area contributed by atoms with Gasteiger partial charge in [0, 0.05) is 59.6 Å². The number of amides is 1. The summed E-state index contributed by atoms with van der Waals surface area (Å²) in [6.07, 6.45) is 0. The number of likely N-dealkylation sites (N-methyl/N-ethyl adjacent to an activating group) is 1. The normalized spacial score (nSPS) is 13.8. The smallest absolute Gasteiger partial charge is 0.259 e. The number of benzene rings is 2. The number of nitrogens with zero attached hydrogens (tertiary/aromatic N) is 4. The molecule has 2 aromatic carbocycles. The van der Waals surface area contributed by atoms with Crippen molar-refractivity contribution in [2.24, 2.45) is 4.99 Å². The van der Waals surface area contributed by atoms with Crippen LogP contribution < -0.4 is 19.7 Å². The van der Waals surface area contributed by atoms with Crippen LogP contribution in [0.25, 0.3) is 0 Å². The fourth-order valence-electron chi connectivity index (χ4n) is 3.50. The first kappa shape index (κ1) is 26.6. The van der Waals surface area contributed by atoms with Crippen molar-refractivity contribution in [1.29, 1.82) is 0 Å². The molecule has 0 spiro atoms. The van der Waals surface area contributed by atoms with E-state index in [2.05, 4.69) is 32.2 Å². The summed E-state index contributed by atoms with van der Waals surface area (Å²) in [6.45, 7) is 4.30. The van der Waals surface area contributed by atoms with E-state index >= 15 is 0 Å². The third-order valence-electron chi connectivity index (χ3n) is 5.44. The number of piperazine rings is 1. The molecule has 0 radical (unpaired) electrons. The lowest BCUT2D eigenvalue weighted by Crippen LogP contribution is -2.52. The van der Waals surface area contributed by atoms with Gasteiger partial charge in [0.1, 0.15) is 11.5 Å². The number of carbonyl (C=O) groups excluding carboxylic acids is 1. The van der Waals surface area contributed by atoms with Crippen LogP contribution in [0.15, 0.2) is 53.5 Å². The zero-order valence-electron chi connectivity index (χ0n) is 19.8. The van der Waals surface area contributed by atoms with Crippen LogP contribution in [-0.4, -0.2) is 82.7 Å². The Hall–Kier alpha value is -2.69. The van der Waals surface area contributed by atoms with Crippen molar-refractivity contribution in [3.8, 4) is 11.5 Å². The standard InChI is InChI=1S/C24H33N5O3.HI/c1-25-24(26-17-19-6-5-7-22(16-19)32-18-23(30)27(2)3)29-14-12-28(13-15-29)20-8-10-21(31-4)11-9-20;/h5-11,16H,12-15,17-18H2,1-4H3,(H,25,26);1H. The summed E-state index contributed by atoms with van der Waals surface area (Å²) in [5.74, 6) is 2.37. The lowest BCUT2D eigenvalue weighted by atomic mass is 10.2. The molecule has 0 unspecified atom stereocenters. The fourth-order valence-corrected chi connectivity index (χ4v) is 3.50. The third-order valence-corrected chi connectivity index (χ3v) is 5.44. The van der Waals surface area contributed by atoms with E-state index in [1.54, 1.807) is 21.2 Å². The second kappa shape index (κ2) is 13.1. The van der Waals surface area contributed by atoms with Crippen molar-refractivity contribution in [3.63, 3.8) is 0 Å². The molecule has 0 aromatic heterocycles. The Kier molecular flexibility index (Phi) is 10.6. The summed E-state index contributed by atoms with van der Waals surface area (Å²) in [4.78, 5) is 22.4. The van der Waals surface area contributed by atoms with Gasteiger partial charge >= 0.3 is 0 Å². The molecule has 8 nitrogen and oxygen atoms in total. The molecule has 1 saturated heterocycles. The Bertz CT molecular complexity index is 913. The molecule has 0 saturated carbocycles. The van der Waals surface area contributed by atoms with Crippen molar-refractivity contribution >= 4 is 41.5 Å². The van der Waals surface area contributed by atoms with Gasteiger partial charge in [-0.1, -0.05) is 12.1 Å². The summed E-state index contributed by atoms with van der Waals surface area (Å²) in [6, 6.07) is 16.0. The van der Waals surface area contributed by atoms with Crippen molar-refractivity contribution in [3.05, 3.63) is 54.1 Å². The van der Waals surface area contributed by atoms with E-state index < -0.39 is 0 Å². The molecule has 0 aliphatic carbocycles. The highest BCUT2D eigenvalue weighted by atomic mass is 127. The summed E-state index contributed by atoms with van der Waals surface area (Å²) in [5.41, 5.74) is 2.27. The van der Waals surface area contributed by atoms with Crippen LogP contribution in [0.5, 0.6) is 11.5 Å². The lowest BCUT2D eigenvalue weighted by Gasteiger charge is -2.37. The molecule has 1 aliphatic rings. The average Bonchev–Trinajstić information content (AvgIpc) is 2.83. The number of anilines is 1. The summed E-state index contributed by atoms with van der Waals surface area (Å²) >= 11 is 0. The van der Waals surface area contributed by atoms with Crippen LogP contribution in [-0.2, 0) is 11.3 Å². The SMILES string of the molecule is CN=C(NCc1cccc(OCC(=O)N(C)C)c1)N1CCN(c2ccc(OC)cc2)CC1.I. The van der Waals surface area contributed by atoms with Gasteiger partial charge in [-0.05, 0) is 42.0 Å². The first-order chi connectivity index (χ1) is 15.5. The van der Waals surface area contributed by atoms with E-state index in [9.17, 15) is 4.79 Å². The van der Waals surface area contributed by atoms with E-state index in [0.29, 0.717) is 12.3 Å². The van der Waals surface area contributed by atoms with Crippen LogP contribution in [0.1, 0.15) is 5.56 Å². The van der Waals surface area contributed by atoms with Gasteiger partial charge in [-0.3, -0.25) is 9.79 Å². The minimum Gasteiger partial charge on any atom is -0.497 e. The van der Waals surface area contributed by atoms with Gasteiger partial charge in [-0.25, -0.2) is 0 Å². The fraction of sp³-hybridized carbons (Fsp3) is 0.417. The molecule has 180 valence electrons. The van der Waals surface area contributed by atoms with E-state index in [1.165, 1.54) is 10.6 Å². The number of ether oxygens (including phenoxy) is 2. The molecule has 0 bridgehead atoms. The number of methoxy groups -OCH3 is 1. The zero-order valence-corrected chi connectivity index (χ0v) is 22.1. The van der Waals surface area contributed by atoms with Gasteiger partial charge in [0.25, 0.3) is 5.91 Å². The number of guanidine groups is 1. The second-order valence-corrected chi connectivity index (χ2v) is 7.80. The van der Waals surface area contributed by atoms with Crippen LogP contribution >= 0.6 is 24.0 Å². The summed E-state index contributed by atoms with van der Waals surface area (Å²) < 4.78 is 10.9. The van der Waals surface area contributed by atoms with E-state index in [1.807, 2.05) is 43.4 Å². The topological polar surface area (TPSA) is 69.6 Å². The van der Waals surface area contributed by atoms with Crippen LogP contribution in [0.3, 0.4) is 0 Å². The average molecular weight is 567 g/mol. The summed E-state index contributed by atoms with van der Waals surface area (Å²) in [7, 11) is 6.93. The van der Waals surface area contributed by atoms with Gasteiger partial charge < -0.3 is 29.5 Å². The highest BCUT2D eigenvalue weighted by Crippen LogP contribution is 2.20. The molecular formula is C24H34IN5O3. The van der Waals surface area contributed by atoms with E-state index in [4.69, 9.17) is 9.47 Å². The van der Waals surface area contributed by atoms with Crippen molar-refractivity contribution < 1.29 is 14.3 Å². The number of hydrogen-bond donors (Lipinski definition) is 1. The van der Waals surface area contributed by atoms with Gasteiger partial charge in [0.2, 0.25) is 0 Å². The molecule has 33 heavy (non-hydrogen) atoms. The molecule has 3 rings (SSSR count). The maximum absolute atomic E-state index is 11.7. The Balaban J connectivity index is 0.00000385. The first-order valence-electron chi connectivity index (χ1n) is 10.8. The van der Waals surface area contributed by atoms with Gasteiger partial charge in [-0.15, -0.1) is 24.0 Å². The Morgan fingerprint density at radius 3 is 2.36 bits per heavy atom. The molecular weight excluding hydrogens is 533 g/mol. The number of carbonyl (C=O) groups is 1. The van der Waals surface area contributed by atoms with E-state index in [-0.39, 0.29) is 36.5 Å². The summed E-state index contributed by atoms with van der Waals surface area (Å²) in [5, 5.41) is 3.45. The zero-order chi connectivity index (χ0) is 22.9. The number of hydrogen-bond acceptors (Lipinski definition) is 5. The van der Waals surface area contributed by atoms with E-state index in [0.717, 1.165) is 43.5 Å².